The number of nitrogens with one attached hydrogen (secondary N) is 1. The Morgan fingerprint density at radius 1 is 1.11 bits per heavy atom. The van der Waals surface area contributed by atoms with Crippen molar-refractivity contribution < 1.29 is 13.2 Å². The molecular formula is C14H22F3NS. The Morgan fingerprint density at radius 3 is 2.32 bits per heavy atom. The first-order valence-corrected chi connectivity index (χ1v) is 7.37. The molecule has 0 unspecified atom stereocenters. The highest BCUT2D eigenvalue weighted by atomic mass is 32.1. The SMILES string of the molecule is CC(C)(C)c1ccc(CNCCCCC(F)(F)F)s1. The minimum Gasteiger partial charge on any atom is -0.312 e. The van der Waals surface area contributed by atoms with Crippen LogP contribution in [0, 0.1) is 0 Å². The average molecular weight is 293 g/mol. The highest BCUT2D eigenvalue weighted by Gasteiger charge is 2.25. The summed E-state index contributed by atoms with van der Waals surface area (Å²) in [5.74, 6) is 0. The van der Waals surface area contributed by atoms with Gasteiger partial charge in [-0.3, -0.25) is 0 Å². The van der Waals surface area contributed by atoms with Crippen LogP contribution in [-0.2, 0) is 12.0 Å². The normalized spacial score (nSPS) is 12.9. The molecule has 0 atom stereocenters. The lowest BCUT2D eigenvalue weighted by atomic mass is 9.95. The van der Waals surface area contributed by atoms with E-state index in [0.29, 0.717) is 13.0 Å². The molecule has 5 heteroatoms. The Kier molecular flexibility index (Phi) is 5.86. The van der Waals surface area contributed by atoms with Gasteiger partial charge in [-0.25, -0.2) is 0 Å². The molecule has 0 fully saturated rings. The van der Waals surface area contributed by atoms with Crippen molar-refractivity contribution in [2.75, 3.05) is 6.54 Å². The molecule has 110 valence electrons. The van der Waals surface area contributed by atoms with E-state index >= 15 is 0 Å². The minimum absolute atomic E-state index is 0.162. The molecule has 0 aliphatic heterocycles. The topological polar surface area (TPSA) is 12.0 Å². The lowest BCUT2D eigenvalue weighted by molar-refractivity contribution is -0.135. The van der Waals surface area contributed by atoms with Crippen molar-refractivity contribution in [1.29, 1.82) is 0 Å². The van der Waals surface area contributed by atoms with E-state index in [1.165, 1.54) is 9.75 Å². The van der Waals surface area contributed by atoms with Gasteiger partial charge in [-0.1, -0.05) is 20.8 Å². The Labute approximate surface area is 117 Å². The lowest BCUT2D eigenvalue weighted by Crippen LogP contribution is -2.15. The van der Waals surface area contributed by atoms with Gasteiger partial charge in [0, 0.05) is 22.7 Å². The first kappa shape index (κ1) is 16.5. The van der Waals surface area contributed by atoms with E-state index in [1.807, 2.05) is 0 Å². The average Bonchev–Trinajstić information content (AvgIpc) is 2.69. The summed E-state index contributed by atoms with van der Waals surface area (Å²) in [6, 6.07) is 4.22. The predicted molar refractivity (Wildman–Crippen MR) is 74.6 cm³/mol. The molecule has 0 aliphatic rings. The first-order valence-electron chi connectivity index (χ1n) is 6.55. The number of thiophene rings is 1. The summed E-state index contributed by atoms with van der Waals surface area (Å²) in [5, 5.41) is 3.20. The van der Waals surface area contributed by atoms with E-state index in [4.69, 9.17) is 0 Å². The number of alkyl halides is 3. The van der Waals surface area contributed by atoms with Crippen molar-refractivity contribution >= 4 is 11.3 Å². The third kappa shape index (κ3) is 6.97. The van der Waals surface area contributed by atoms with Crippen molar-refractivity contribution in [1.82, 2.24) is 5.32 Å². The molecule has 0 radical (unpaired) electrons. The summed E-state index contributed by atoms with van der Waals surface area (Å²) < 4.78 is 35.8. The summed E-state index contributed by atoms with van der Waals surface area (Å²) in [7, 11) is 0. The molecule has 0 aliphatic carbocycles. The van der Waals surface area contributed by atoms with Gasteiger partial charge in [-0.05, 0) is 36.9 Å². The Bertz CT molecular complexity index is 377. The van der Waals surface area contributed by atoms with Crippen LogP contribution in [0.4, 0.5) is 13.2 Å². The van der Waals surface area contributed by atoms with Crippen LogP contribution in [0.5, 0.6) is 0 Å². The maximum Gasteiger partial charge on any atom is 0.389 e. The van der Waals surface area contributed by atoms with Gasteiger partial charge in [-0.15, -0.1) is 11.3 Å². The summed E-state index contributed by atoms with van der Waals surface area (Å²) in [4.78, 5) is 2.57. The van der Waals surface area contributed by atoms with E-state index in [2.05, 4.69) is 38.2 Å². The van der Waals surface area contributed by atoms with Crippen LogP contribution in [0.3, 0.4) is 0 Å². The zero-order valence-electron chi connectivity index (χ0n) is 11.7. The predicted octanol–water partition coefficient (Wildman–Crippen LogP) is 4.87. The van der Waals surface area contributed by atoms with Gasteiger partial charge in [0.25, 0.3) is 0 Å². The van der Waals surface area contributed by atoms with E-state index in [1.54, 1.807) is 11.3 Å². The Balaban J connectivity index is 2.18. The fourth-order valence-electron chi connectivity index (χ4n) is 1.66. The van der Waals surface area contributed by atoms with Gasteiger partial charge < -0.3 is 5.32 Å². The quantitative estimate of drug-likeness (QED) is 0.738. The third-order valence-corrected chi connectivity index (χ3v) is 4.27. The summed E-state index contributed by atoms with van der Waals surface area (Å²) in [6.07, 6.45) is -3.93. The molecule has 19 heavy (non-hydrogen) atoms. The van der Waals surface area contributed by atoms with Crippen LogP contribution in [0.25, 0.3) is 0 Å². The molecule has 1 aromatic heterocycles. The molecule has 0 aromatic carbocycles. The fraction of sp³-hybridized carbons (Fsp3) is 0.714. The molecule has 1 aromatic rings. The van der Waals surface area contributed by atoms with Gasteiger partial charge in [-0.2, -0.15) is 13.2 Å². The molecule has 1 nitrogen and oxygen atoms in total. The zero-order chi connectivity index (χ0) is 14.5. The summed E-state index contributed by atoms with van der Waals surface area (Å²) >= 11 is 1.77. The van der Waals surface area contributed by atoms with Crippen molar-refractivity contribution in [2.45, 2.75) is 58.2 Å². The van der Waals surface area contributed by atoms with Crippen LogP contribution >= 0.6 is 11.3 Å². The second-order valence-electron chi connectivity index (χ2n) is 5.77. The number of hydrogen-bond acceptors (Lipinski definition) is 2. The van der Waals surface area contributed by atoms with E-state index < -0.39 is 12.6 Å². The Hall–Kier alpha value is -0.550. The molecule has 0 spiro atoms. The van der Waals surface area contributed by atoms with Crippen molar-refractivity contribution in [3.8, 4) is 0 Å². The van der Waals surface area contributed by atoms with E-state index in [-0.39, 0.29) is 11.8 Å². The fourth-order valence-corrected chi connectivity index (χ4v) is 2.70. The molecule has 0 saturated carbocycles. The standard InChI is InChI=1S/C14H22F3NS/c1-13(2,3)12-7-6-11(19-12)10-18-9-5-4-8-14(15,16)17/h6-7,18H,4-5,8-10H2,1-3H3. The molecular weight excluding hydrogens is 271 g/mol. The summed E-state index contributed by atoms with van der Waals surface area (Å²) in [6.45, 7) is 7.90. The molecule has 1 N–H and O–H groups in total. The maximum absolute atomic E-state index is 11.9. The Morgan fingerprint density at radius 2 is 1.79 bits per heavy atom. The zero-order valence-corrected chi connectivity index (χ0v) is 12.5. The van der Waals surface area contributed by atoms with Gasteiger partial charge in [0.2, 0.25) is 0 Å². The van der Waals surface area contributed by atoms with Gasteiger partial charge >= 0.3 is 6.18 Å². The second kappa shape index (κ2) is 6.75. The molecule has 0 amide bonds. The number of rotatable bonds is 6. The third-order valence-electron chi connectivity index (χ3n) is 2.76. The smallest absolute Gasteiger partial charge is 0.312 e. The van der Waals surface area contributed by atoms with Crippen LogP contribution in [0.15, 0.2) is 12.1 Å². The van der Waals surface area contributed by atoms with Gasteiger partial charge in [0.1, 0.15) is 0 Å². The van der Waals surface area contributed by atoms with Crippen molar-refractivity contribution in [2.24, 2.45) is 0 Å². The van der Waals surface area contributed by atoms with Crippen LogP contribution < -0.4 is 5.32 Å². The number of unbranched alkanes of at least 4 members (excludes halogenated alkanes) is 1. The number of halogens is 3. The monoisotopic (exact) mass is 293 g/mol. The van der Waals surface area contributed by atoms with Crippen LogP contribution in [-0.4, -0.2) is 12.7 Å². The summed E-state index contributed by atoms with van der Waals surface area (Å²) in [5.41, 5.74) is 0.162. The van der Waals surface area contributed by atoms with E-state index in [0.717, 1.165) is 6.54 Å². The molecule has 1 rings (SSSR count). The highest BCUT2D eigenvalue weighted by molar-refractivity contribution is 7.12. The van der Waals surface area contributed by atoms with E-state index in [9.17, 15) is 13.2 Å². The first-order chi connectivity index (χ1) is 8.68. The van der Waals surface area contributed by atoms with Crippen molar-refractivity contribution in [3.05, 3.63) is 21.9 Å². The van der Waals surface area contributed by atoms with Crippen LogP contribution in [0.2, 0.25) is 0 Å². The van der Waals surface area contributed by atoms with Crippen LogP contribution in [0.1, 0.15) is 49.8 Å². The largest absolute Gasteiger partial charge is 0.389 e. The minimum atomic E-state index is -4.02. The second-order valence-corrected chi connectivity index (χ2v) is 6.93. The van der Waals surface area contributed by atoms with Gasteiger partial charge in [0.15, 0.2) is 0 Å². The molecule has 0 saturated heterocycles. The van der Waals surface area contributed by atoms with Crippen molar-refractivity contribution in [3.63, 3.8) is 0 Å². The maximum atomic E-state index is 11.9. The molecule has 0 bridgehead atoms. The lowest BCUT2D eigenvalue weighted by Gasteiger charge is -2.15. The number of hydrogen-bond donors (Lipinski definition) is 1. The molecule has 1 heterocycles. The highest BCUT2D eigenvalue weighted by Crippen LogP contribution is 2.29. The van der Waals surface area contributed by atoms with Gasteiger partial charge in [0.05, 0.1) is 0 Å².